The van der Waals surface area contributed by atoms with Crippen LogP contribution in [0.15, 0.2) is 24.4 Å². The number of carboxylic acid groups (broad SMARTS) is 1. The Balaban J connectivity index is 1.05. The van der Waals surface area contributed by atoms with Gasteiger partial charge in [0.05, 0.1) is 6.20 Å². The summed E-state index contributed by atoms with van der Waals surface area (Å²) < 4.78 is 0. The van der Waals surface area contributed by atoms with Crippen molar-refractivity contribution in [3.63, 3.8) is 0 Å². The van der Waals surface area contributed by atoms with Gasteiger partial charge in [0, 0.05) is 50.0 Å². The number of nitrogens with two attached hydrogens (primary N) is 1. The fourth-order valence-electron chi connectivity index (χ4n) is 8.35. The van der Waals surface area contributed by atoms with E-state index in [9.17, 15) is 19.5 Å². The van der Waals surface area contributed by atoms with E-state index in [0.29, 0.717) is 30.5 Å². The molecule has 2 aromatic rings. The maximum Gasteiger partial charge on any atom is 0.324 e. The SMILES string of the molecule is CC[C@@H]1C(=O)N(C)c2cnc(Nc3ccc(C(=O)NC4CCN(CC[C@@](N)(C(=O)O)C5CCCC5)CC4)cc3C)nc2N1C1CCCC1. The molecule has 4 aliphatic rings. The summed E-state index contributed by atoms with van der Waals surface area (Å²) in [4.78, 5) is 54.2. The predicted octanol–water partition coefficient (Wildman–Crippen LogP) is 4.59. The van der Waals surface area contributed by atoms with Crippen molar-refractivity contribution in [2.24, 2.45) is 11.7 Å². The second-order valence-corrected chi connectivity index (χ2v) is 14.4. The highest BCUT2D eigenvalue weighted by atomic mass is 16.4. The largest absolute Gasteiger partial charge is 0.480 e. The van der Waals surface area contributed by atoms with Gasteiger partial charge in [-0.2, -0.15) is 4.98 Å². The predicted molar refractivity (Wildman–Crippen MR) is 187 cm³/mol. The molecule has 3 fully saturated rings. The number of amides is 2. The van der Waals surface area contributed by atoms with Crippen LogP contribution in [-0.2, 0) is 9.59 Å². The molecular formula is C36H52N8O4. The van der Waals surface area contributed by atoms with Crippen LogP contribution in [0.25, 0.3) is 0 Å². The molecule has 2 aliphatic carbocycles. The van der Waals surface area contributed by atoms with Gasteiger partial charge in [0.2, 0.25) is 11.9 Å². The van der Waals surface area contributed by atoms with Crippen LogP contribution in [0.3, 0.4) is 0 Å². The maximum absolute atomic E-state index is 13.2. The quantitative estimate of drug-likeness (QED) is 0.269. The Morgan fingerprint density at radius 3 is 2.40 bits per heavy atom. The number of piperidine rings is 1. The highest BCUT2D eigenvalue weighted by molar-refractivity contribution is 6.04. The van der Waals surface area contributed by atoms with Crippen molar-refractivity contribution in [3.8, 4) is 0 Å². The Morgan fingerprint density at radius 1 is 1.06 bits per heavy atom. The molecule has 12 heteroatoms. The topological polar surface area (TPSA) is 157 Å². The summed E-state index contributed by atoms with van der Waals surface area (Å²) in [5.41, 5.74) is 8.34. The number of anilines is 4. The molecule has 5 N–H and O–H groups in total. The normalized spacial score (nSPS) is 22.5. The van der Waals surface area contributed by atoms with Gasteiger partial charge in [-0.3, -0.25) is 14.4 Å². The van der Waals surface area contributed by atoms with Crippen LogP contribution < -0.4 is 26.2 Å². The number of carbonyl (C=O) groups is 3. The molecule has 3 heterocycles. The van der Waals surface area contributed by atoms with Crippen LogP contribution in [0, 0.1) is 12.8 Å². The third-order valence-electron chi connectivity index (χ3n) is 11.4. The van der Waals surface area contributed by atoms with E-state index in [0.717, 1.165) is 106 Å². The van der Waals surface area contributed by atoms with Crippen LogP contribution in [0.4, 0.5) is 23.1 Å². The van der Waals surface area contributed by atoms with Gasteiger partial charge >= 0.3 is 5.97 Å². The lowest BCUT2D eigenvalue weighted by Gasteiger charge is -2.43. The summed E-state index contributed by atoms with van der Waals surface area (Å²) in [7, 11) is 1.80. The monoisotopic (exact) mass is 660 g/mol. The number of carboxylic acids is 1. The summed E-state index contributed by atoms with van der Waals surface area (Å²) in [6, 6.07) is 5.71. The fourth-order valence-corrected chi connectivity index (χ4v) is 8.35. The molecule has 12 nitrogen and oxygen atoms in total. The maximum atomic E-state index is 13.2. The molecule has 0 bridgehead atoms. The highest BCUT2D eigenvalue weighted by Crippen LogP contribution is 2.40. The van der Waals surface area contributed by atoms with Crippen molar-refractivity contribution in [2.45, 2.75) is 115 Å². The average molecular weight is 661 g/mol. The van der Waals surface area contributed by atoms with Crippen molar-refractivity contribution in [2.75, 3.05) is 41.8 Å². The first-order chi connectivity index (χ1) is 23.1. The first-order valence-corrected chi connectivity index (χ1v) is 17.9. The molecule has 0 spiro atoms. The molecule has 48 heavy (non-hydrogen) atoms. The van der Waals surface area contributed by atoms with E-state index in [1.807, 2.05) is 25.1 Å². The molecule has 260 valence electrons. The Bertz CT molecular complexity index is 1500. The van der Waals surface area contributed by atoms with E-state index in [1.54, 1.807) is 18.1 Å². The van der Waals surface area contributed by atoms with Gasteiger partial charge in [0.25, 0.3) is 5.91 Å². The van der Waals surface area contributed by atoms with Crippen molar-refractivity contribution in [1.82, 2.24) is 20.2 Å². The van der Waals surface area contributed by atoms with Gasteiger partial charge in [-0.1, -0.05) is 32.6 Å². The first kappa shape index (κ1) is 34.1. The molecule has 0 radical (unpaired) electrons. The molecule has 2 saturated carbocycles. The van der Waals surface area contributed by atoms with Crippen LogP contribution in [-0.4, -0.2) is 88.1 Å². The van der Waals surface area contributed by atoms with Gasteiger partial charge in [-0.25, -0.2) is 4.98 Å². The molecular weight excluding hydrogens is 608 g/mol. The van der Waals surface area contributed by atoms with Gasteiger partial charge in [0.15, 0.2) is 5.82 Å². The molecule has 1 aromatic heterocycles. The molecule has 1 saturated heterocycles. The highest BCUT2D eigenvalue weighted by Gasteiger charge is 2.44. The number of aromatic nitrogens is 2. The summed E-state index contributed by atoms with van der Waals surface area (Å²) in [6.07, 6.45) is 12.9. The number of benzene rings is 1. The number of likely N-dealkylation sites (N-methyl/N-ethyl adjacent to an activating group) is 1. The smallest absolute Gasteiger partial charge is 0.324 e. The Hall–Kier alpha value is -3.77. The minimum Gasteiger partial charge on any atom is -0.480 e. The third kappa shape index (κ3) is 6.87. The van der Waals surface area contributed by atoms with E-state index >= 15 is 0 Å². The Morgan fingerprint density at radius 2 is 1.75 bits per heavy atom. The number of aryl methyl sites for hydroxylation is 1. The summed E-state index contributed by atoms with van der Waals surface area (Å²) in [5, 5.41) is 16.5. The lowest BCUT2D eigenvalue weighted by molar-refractivity contribution is -0.146. The third-order valence-corrected chi connectivity index (χ3v) is 11.4. The lowest BCUT2D eigenvalue weighted by atomic mass is 9.80. The van der Waals surface area contributed by atoms with Crippen LogP contribution >= 0.6 is 0 Å². The lowest BCUT2D eigenvalue weighted by Crippen LogP contribution is -2.55. The fraction of sp³-hybridized carbons (Fsp3) is 0.639. The zero-order valence-corrected chi connectivity index (χ0v) is 28.7. The molecule has 0 unspecified atom stereocenters. The summed E-state index contributed by atoms with van der Waals surface area (Å²) in [5.74, 6) is 0.406. The van der Waals surface area contributed by atoms with Gasteiger partial charge in [-0.05, 0) is 88.0 Å². The number of rotatable bonds is 11. The van der Waals surface area contributed by atoms with Crippen LogP contribution in [0.5, 0.6) is 0 Å². The van der Waals surface area contributed by atoms with Gasteiger partial charge < -0.3 is 36.2 Å². The van der Waals surface area contributed by atoms with Crippen LogP contribution in [0.1, 0.15) is 99.9 Å². The average Bonchev–Trinajstić information content (AvgIpc) is 3.82. The number of hydrogen-bond donors (Lipinski definition) is 4. The number of fused-ring (bicyclic) bond motifs is 1. The van der Waals surface area contributed by atoms with E-state index in [1.165, 1.54) is 0 Å². The molecule has 2 amide bonds. The second kappa shape index (κ2) is 14.4. The first-order valence-electron chi connectivity index (χ1n) is 17.9. The van der Waals surface area contributed by atoms with Crippen molar-refractivity contribution >= 4 is 40.9 Å². The number of hydrogen-bond acceptors (Lipinski definition) is 9. The zero-order valence-electron chi connectivity index (χ0n) is 28.7. The zero-order chi connectivity index (χ0) is 34.0. The molecule has 2 atom stereocenters. The van der Waals surface area contributed by atoms with E-state index in [-0.39, 0.29) is 29.8 Å². The molecule has 2 aliphatic heterocycles. The number of nitrogens with zero attached hydrogens (tertiary/aromatic N) is 5. The minimum atomic E-state index is -1.16. The standard InChI is InChI=1S/C36H52N8O4/c1-4-29-33(46)42(3)30-22-38-35(41-31(30)44(29)27-11-7-8-12-27)40-28-14-13-24(21-23(28)2)32(45)39-26-15-18-43(19-16-26)20-17-36(37,34(47)48)25-9-5-6-10-25/h13-14,21-22,25-27,29H,4-12,15-20,37H2,1-3H3,(H,39,45)(H,47,48)(H,38,40,41)/t29-,36+/m1/s1. The van der Waals surface area contributed by atoms with E-state index in [4.69, 9.17) is 10.7 Å². The Kier molecular flexibility index (Phi) is 10.2. The van der Waals surface area contributed by atoms with Crippen LogP contribution in [0.2, 0.25) is 0 Å². The second-order valence-electron chi connectivity index (χ2n) is 14.4. The van der Waals surface area contributed by atoms with Gasteiger partial charge in [0.1, 0.15) is 17.3 Å². The minimum absolute atomic E-state index is 0.0526. The van der Waals surface area contributed by atoms with E-state index < -0.39 is 11.5 Å². The number of carbonyl (C=O) groups excluding carboxylic acids is 2. The number of likely N-dealkylation sites (tertiary alicyclic amines) is 1. The van der Waals surface area contributed by atoms with Crippen molar-refractivity contribution < 1.29 is 19.5 Å². The number of aliphatic carboxylic acids is 1. The Labute approximate surface area is 283 Å². The van der Waals surface area contributed by atoms with Crippen molar-refractivity contribution in [1.29, 1.82) is 0 Å². The molecule has 6 rings (SSSR count). The summed E-state index contributed by atoms with van der Waals surface area (Å²) >= 11 is 0. The van der Waals surface area contributed by atoms with E-state index in [2.05, 4.69) is 32.3 Å². The van der Waals surface area contributed by atoms with Crippen molar-refractivity contribution in [3.05, 3.63) is 35.5 Å². The molecule has 1 aromatic carbocycles. The summed E-state index contributed by atoms with van der Waals surface area (Å²) in [6.45, 7) is 6.28. The van der Waals surface area contributed by atoms with Gasteiger partial charge in [-0.15, -0.1) is 0 Å². The number of nitrogens with one attached hydrogen (secondary N) is 2.